The fourth-order valence-electron chi connectivity index (χ4n) is 2.93. The van der Waals surface area contributed by atoms with E-state index in [-0.39, 0.29) is 23.1 Å². The van der Waals surface area contributed by atoms with Crippen molar-refractivity contribution in [2.75, 3.05) is 11.4 Å². The summed E-state index contributed by atoms with van der Waals surface area (Å²) in [5, 5.41) is 19.8. The number of piperidine rings is 1. The van der Waals surface area contributed by atoms with Crippen molar-refractivity contribution in [3.8, 4) is 0 Å². The zero-order chi connectivity index (χ0) is 15.4. The number of carbonyl (C=O) groups is 1. The lowest BCUT2D eigenvalue weighted by Gasteiger charge is -2.38. The molecule has 1 aliphatic heterocycles. The van der Waals surface area contributed by atoms with Crippen LogP contribution < -0.4 is 4.90 Å². The summed E-state index contributed by atoms with van der Waals surface area (Å²) in [4.78, 5) is 23.5. The molecule has 0 radical (unpaired) electrons. The second-order valence-corrected chi connectivity index (χ2v) is 5.50. The van der Waals surface area contributed by atoms with Gasteiger partial charge in [0.25, 0.3) is 5.69 Å². The molecule has 1 unspecified atom stereocenters. The zero-order valence-electron chi connectivity index (χ0n) is 12.1. The highest BCUT2D eigenvalue weighted by Gasteiger charge is 2.25. The van der Waals surface area contributed by atoms with Crippen LogP contribution in [0, 0.1) is 17.0 Å². The molecule has 2 rings (SSSR count). The number of nitro benzene ring substituents is 1. The molecule has 1 N–H and O–H groups in total. The molecule has 21 heavy (non-hydrogen) atoms. The highest BCUT2D eigenvalue weighted by molar-refractivity contribution is 5.67. The summed E-state index contributed by atoms with van der Waals surface area (Å²) < 4.78 is 0. The summed E-state index contributed by atoms with van der Waals surface area (Å²) in [5.41, 5.74) is 1.93. The van der Waals surface area contributed by atoms with E-state index in [1.54, 1.807) is 12.1 Å². The number of anilines is 1. The molecule has 6 nitrogen and oxygen atoms in total. The van der Waals surface area contributed by atoms with Crippen LogP contribution in [0.25, 0.3) is 0 Å². The summed E-state index contributed by atoms with van der Waals surface area (Å²) in [7, 11) is 0. The van der Waals surface area contributed by atoms with E-state index < -0.39 is 5.97 Å². The first-order valence-corrected chi connectivity index (χ1v) is 7.22. The van der Waals surface area contributed by atoms with Gasteiger partial charge >= 0.3 is 5.97 Å². The molecule has 1 aliphatic rings. The molecule has 6 heteroatoms. The Kier molecular flexibility index (Phi) is 4.77. The number of non-ortho nitro benzene ring substituents is 1. The smallest absolute Gasteiger partial charge is 0.303 e. The van der Waals surface area contributed by atoms with Crippen LogP contribution in [-0.2, 0) is 4.79 Å². The molecule has 1 saturated heterocycles. The van der Waals surface area contributed by atoms with Crippen LogP contribution >= 0.6 is 0 Å². The average molecular weight is 292 g/mol. The van der Waals surface area contributed by atoms with Gasteiger partial charge in [0.15, 0.2) is 0 Å². The predicted octanol–water partition coefficient (Wildman–Crippen LogP) is 3.13. The molecule has 1 fully saturated rings. The van der Waals surface area contributed by atoms with Crippen LogP contribution in [0.2, 0.25) is 0 Å². The Balaban J connectivity index is 2.25. The quantitative estimate of drug-likeness (QED) is 0.666. The average Bonchev–Trinajstić information content (AvgIpc) is 2.45. The second kappa shape index (κ2) is 6.56. The van der Waals surface area contributed by atoms with Crippen LogP contribution in [0.1, 0.15) is 37.7 Å². The number of carboxylic acids is 1. The molecule has 1 atom stereocenters. The molecule has 0 saturated carbocycles. The zero-order valence-corrected chi connectivity index (χ0v) is 12.1. The molecule has 0 spiro atoms. The summed E-state index contributed by atoms with van der Waals surface area (Å²) in [6.45, 7) is 2.76. The number of rotatable bonds is 5. The van der Waals surface area contributed by atoms with Crippen molar-refractivity contribution in [2.45, 2.75) is 45.1 Å². The van der Waals surface area contributed by atoms with E-state index in [2.05, 4.69) is 4.90 Å². The van der Waals surface area contributed by atoms with Crippen molar-refractivity contribution in [1.82, 2.24) is 0 Å². The monoisotopic (exact) mass is 292 g/mol. The predicted molar refractivity (Wildman–Crippen MR) is 79.7 cm³/mol. The lowest BCUT2D eigenvalue weighted by Crippen LogP contribution is -2.40. The van der Waals surface area contributed by atoms with E-state index in [1.165, 1.54) is 6.07 Å². The maximum Gasteiger partial charge on any atom is 0.303 e. The van der Waals surface area contributed by atoms with Crippen molar-refractivity contribution in [3.05, 3.63) is 33.9 Å². The Morgan fingerprint density at radius 2 is 2.24 bits per heavy atom. The van der Waals surface area contributed by atoms with Gasteiger partial charge < -0.3 is 10.0 Å². The fraction of sp³-hybridized carbons (Fsp3) is 0.533. The molecule has 114 valence electrons. The van der Waals surface area contributed by atoms with Gasteiger partial charge in [-0.1, -0.05) is 6.07 Å². The van der Waals surface area contributed by atoms with Crippen molar-refractivity contribution >= 4 is 17.3 Å². The van der Waals surface area contributed by atoms with Gasteiger partial charge in [0.05, 0.1) is 4.92 Å². The Labute approximate surface area is 123 Å². The van der Waals surface area contributed by atoms with Crippen LogP contribution in [0.15, 0.2) is 18.2 Å². The van der Waals surface area contributed by atoms with Crippen molar-refractivity contribution in [1.29, 1.82) is 0 Å². The summed E-state index contributed by atoms with van der Waals surface area (Å²) >= 11 is 0. The van der Waals surface area contributed by atoms with Gasteiger partial charge in [-0.2, -0.15) is 0 Å². The number of aryl methyl sites for hydroxylation is 1. The molecule has 1 aromatic carbocycles. The van der Waals surface area contributed by atoms with E-state index in [1.807, 2.05) is 6.92 Å². The Morgan fingerprint density at radius 1 is 1.48 bits per heavy atom. The van der Waals surface area contributed by atoms with Crippen LogP contribution in [0.5, 0.6) is 0 Å². The number of nitrogens with zero attached hydrogens (tertiary/aromatic N) is 2. The van der Waals surface area contributed by atoms with Gasteiger partial charge in [-0.15, -0.1) is 0 Å². The minimum Gasteiger partial charge on any atom is -0.481 e. The molecule has 1 aromatic rings. The van der Waals surface area contributed by atoms with E-state index >= 15 is 0 Å². The van der Waals surface area contributed by atoms with Gasteiger partial charge in [-0.25, -0.2) is 0 Å². The first-order valence-electron chi connectivity index (χ1n) is 7.22. The van der Waals surface area contributed by atoms with Crippen LogP contribution in [0.3, 0.4) is 0 Å². The Morgan fingerprint density at radius 3 is 2.90 bits per heavy atom. The summed E-state index contributed by atoms with van der Waals surface area (Å²) in [5.74, 6) is -0.795. The number of aliphatic carboxylic acids is 1. The lowest BCUT2D eigenvalue weighted by atomic mass is 9.96. The molecular weight excluding hydrogens is 272 g/mol. The first kappa shape index (κ1) is 15.3. The summed E-state index contributed by atoms with van der Waals surface area (Å²) in [6, 6.07) is 5.02. The fourth-order valence-corrected chi connectivity index (χ4v) is 2.93. The molecule has 0 aliphatic carbocycles. The number of hydrogen-bond acceptors (Lipinski definition) is 4. The van der Waals surface area contributed by atoms with E-state index in [9.17, 15) is 14.9 Å². The molecule has 0 bridgehead atoms. The molecular formula is C15H20N2O4. The largest absolute Gasteiger partial charge is 0.481 e. The molecule has 0 aromatic heterocycles. The number of benzene rings is 1. The highest BCUT2D eigenvalue weighted by atomic mass is 16.6. The maximum atomic E-state index is 11.0. The third kappa shape index (κ3) is 3.71. The SMILES string of the molecule is Cc1ccc([N+](=O)[O-])cc1N1CCCCC1CCC(=O)O. The minimum absolute atomic E-state index is 0.0816. The third-order valence-electron chi connectivity index (χ3n) is 4.03. The third-order valence-corrected chi connectivity index (χ3v) is 4.03. The molecule has 1 heterocycles. The van der Waals surface area contributed by atoms with E-state index in [4.69, 9.17) is 5.11 Å². The standard InChI is InChI=1S/C15H20N2O4/c1-11-5-6-13(17(20)21)10-14(11)16-9-3-2-4-12(16)7-8-15(18)19/h5-6,10,12H,2-4,7-9H2,1H3,(H,18,19). The summed E-state index contributed by atoms with van der Waals surface area (Å²) in [6.07, 6.45) is 3.77. The van der Waals surface area contributed by atoms with Crippen LogP contribution in [-0.4, -0.2) is 28.6 Å². The van der Waals surface area contributed by atoms with Gasteiger partial charge in [0.2, 0.25) is 0 Å². The number of carboxylic acid groups (broad SMARTS) is 1. The van der Waals surface area contributed by atoms with E-state index in [0.29, 0.717) is 6.42 Å². The first-order chi connectivity index (χ1) is 9.99. The Hall–Kier alpha value is -2.11. The van der Waals surface area contributed by atoms with Crippen molar-refractivity contribution in [2.24, 2.45) is 0 Å². The normalized spacial score (nSPS) is 18.5. The topological polar surface area (TPSA) is 83.7 Å². The lowest BCUT2D eigenvalue weighted by molar-refractivity contribution is -0.384. The second-order valence-electron chi connectivity index (χ2n) is 5.50. The highest BCUT2D eigenvalue weighted by Crippen LogP contribution is 2.32. The van der Waals surface area contributed by atoms with Crippen LogP contribution in [0.4, 0.5) is 11.4 Å². The van der Waals surface area contributed by atoms with Gasteiger partial charge in [-0.05, 0) is 38.2 Å². The number of nitro groups is 1. The molecule has 0 amide bonds. The van der Waals surface area contributed by atoms with Gasteiger partial charge in [0.1, 0.15) is 0 Å². The maximum absolute atomic E-state index is 11.0. The van der Waals surface area contributed by atoms with E-state index in [0.717, 1.165) is 37.1 Å². The van der Waals surface area contributed by atoms with Crippen molar-refractivity contribution in [3.63, 3.8) is 0 Å². The van der Waals surface area contributed by atoms with Crippen molar-refractivity contribution < 1.29 is 14.8 Å². The van der Waals surface area contributed by atoms with Gasteiger partial charge in [-0.3, -0.25) is 14.9 Å². The number of hydrogen-bond donors (Lipinski definition) is 1. The minimum atomic E-state index is -0.795. The van der Waals surface area contributed by atoms with Gasteiger partial charge in [0, 0.05) is 36.8 Å². The Bertz CT molecular complexity index is 544.